The Morgan fingerprint density at radius 1 is 1.17 bits per heavy atom. The highest BCUT2D eigenvalue weighted by molar-refractivity contribution is 6.62. The summed E-state index contributed by atoms with van der Waals surface area (Å²) in [5.74, 6) is 0. The number of hydrogen-bond acceptors (Lipinski definition) is 3. The fourth-order valence-corrected chi connectivity index (χ4v) is 2.10. The summed E-state index contributed by atoms with van der Waals surface area (Å²) in [6.45, 7) is 12.5. The molecule has 1 aliphatic heterocycles. The van der Waals surface area contributed by atoms with Crippen LogP contribution in [0.15, 0.2) is 12.3 Å². The molecule has 0 bridgehead atoms. The van der Waals surface area contributed by atoms with Gasteiger partial charge in [0.2, 0.25) is 0 Å². The maximum atomic E-state index is 6.02. The van der Waals surface area contributed by atoms with Crippen LogP contribution in [-0.2, 0) is 15.7 Å². The predicted molar refractivity (Wildman–Crippen MR) is 74.1 cm³/mol. The minimum absolute atomic E-state index is 0.297. The van der Waals surface area contributed by atoms with E-state index in [2.05, 4.69) is 52.6 Å². The van der Waals surface area contributed by atoms with Gasteiger partial charge in [-0.3, -0.25) is 4.98 Å². The summed E-state index contributed by atoms with van der Waals surface area (Å²) in [5, 5.41) is 0. The second kappa shape index (κ2) is 4.35. The molecule has 98 valence electrons. The smallest absolute Gasteiger partial charge is 0.399 e. The summed E-state index contributed by atoms with van der Waals surface area (Å²) in [6, 6.07) is 2.12. The predicted octanol–water partition coefficient (Wildman–Crippen LogP) is 2.25. The molecule has 0 aliphatic carbocycles. The summed E-state index contributed by atoms with van der Waals surface area (Å²) in [6.07, 6.45) is 2.82. The molecule has 1 aliphatic rings. The maximum Gasteiger partial charge on any atom is 0.496 e. The number of rotatable bonds is 2. The molecule has 2 rings (SSSR count). The topological polar surface area (TPSA) is 31.4 Å². The van der Waals surface area contributed by atoms with Gasteiger partial charge in [0.05, 0.1) is 11.2 Å². The Morgan fingerprint density at radius 2 is 1.72 bits per heavy atom. The molecule has 3 nitrogen and oxygen atoms in total. The van der Waals surface area contributed by atoms with Crippen LogP contribution in [0.5, 0.6) is 0 Å². The first-order valence-electron chi connectivity index (χ1n) is 6.58. The van der Waals surface area contributed by atoms with Crippen molar-refractivity contribution in [1.82, 2.24) is 4.98 Å². The van der Waals surface area contributed by atoms with Crippen LogP contribution in [0.2, 0.25) is 0 Å². The molecule has 0 saturated carbocycles. The molecule has 4 heteroatoms. The lowest BCUT2D eigenvalue weighted by Crippen LogP contribution is -2.41. The molecule has 0 unspecified atom stereocenters. The molecule has 1 aromatic heterocycles. The number of hydrogen-bond donors (Lipinski definition) is 0. The van der Waals surface area contributed by atoms with Gasteiger partial charge < -0.3 is 9.31 Å². The highest BCUT2D eigenvalue weighted by Gasteiger charge is 2.51. The second-order valence-corrected chi connectivity index (χ2v) is 5.97. The Hall–Kier alpha value is -0.865. The molecule has 1 fully saturated rings. The molecule has 18 heavy (non-hydrogen) atoms. The van der Waals surface area contributed by atoms with Gasteiger partial charge in [0.1, 0.15) is 0 Å². The molecule has 0 N–H and O–H groups in total. The van der Waals surface area contributed by atoms with E-state index >= 15 is 0 Å². The third-order valence-corrected chi connectivity index (χ3v) is 4.07. The minimum Gasteiger partial charge on any atom is -0.399 e. The highest BCUT2D eigenvalue weighted by atomic mass is 16.7. The Morgan fingerprint density at radius 3 is 2.17 bits per heavy atom. The summed E-state index contributed by atoms with van der Waals surface area (Å²) in [4.78, 5) is 4.48. The molecule has 0 atom stereocenters. The van der Waals surface area contributed by atoms with E-state index in [0.717, 1.165) is 17.6 Å². The van der Waals surface area contributed by atoms with Crippen molar-refractivity contribution < 1.29 is 9.31 Å². The monoisotopic (exact) mass is 247 g/mol. The number of aromatic nitrogens is 1. The van der Waals surface area contributed by atoms with Crippen LogP contribution < -0.4 is 5.46 Å². The zero-order valence-electron chi connectivity index (χ0n) is 12.2. The highest BCUT2D eigenvalue weighted by Crippen LogP contribution is 2.36. The van der Waals surface area contributed by atoms with E-state index in [0.29, 0.717) is 0 Å². The minimum atomic E-state index is -0.313. The second-order valence-electron chi connectivity index (χ2n) is 5.97. The SMILES string of the molecule is CCc1ncc(B2OC(C)(C)C(C)(C)O2)cc1C. The van der Waals surface area contributed by atoms with Gasteiger partial charge in [-0.2, -0.15) is 0 Å². The molecule has 0 spiro atoms. The van der Waals surface area contributed by atoms with Crippen LogP contribution in [0.1, 0.15) is 45.9 Å². The van der Waals surface area contributed by atoms with Crippen LogP contribution >= 0.6 is 0 Å². The summed E-state index contributed by atoms with van der Waals surface area (Å²) >= 11 is 0. The summed E-state index contributed by atoms with van der Waals surface area (Å²) in [7, 11) is -0.313. The molecule has 0 radical (unpaired) electrons. The lowest BCUT2D eigenvalue weighted by molar-refractivity contribution is 0.00578. The number of nitrogens with zero attached hydrogens (tertiary/aromatic N) is 1. The fourth-order valence-electron chi connectivity index (χ4n) is 2.10. The van der Waals surface area contributed by atoms with Crippen molar-refractivity contribution in [3.8, 4) is 0 Å². The maximum absolute atomic E-state index is 6.02. The van der Waals surface area contributed by atoms with Crippen molar-refractivity contribution in [1.29, 1.82) is 0 Å². The van der Waals surface area contributed by atoms with Gasteiger partial charge in [0, 0.05) is 17.4 Å². The quantitative estimate of drug-likeness (QED) is 0.751. The standard InChI is InChI=1S/C14H22BNO2/c1-7-12-10(2)8-11(9-16-12)15-17-13(3,4)14(5,6)18-15/h8-9H,7H2,1-6H3. The zero-order valence-corrected chi connectivity index (χ0v) is 12.2. The summed E-state index contributed by atoms with van der Waals surface area (Å²) in [5.41, 5.74) is 2.74. The average Bonchev–Trinajstić information content (AvgIpc) is 2.48. The van der Waals surface area contributed by atoms with Crippen molar-refractivity contribution in [2.75, 3.05) is 0 Å². The Balaban J connectivity index is 2.27. The van der Waals surface area contributed by atoms with Crippen molar-refractivity contribution in [2.24, 2.45) is 0 Å². The third-order valence-electron chi connectivity index (χ3n) is 4.07. The van der Waals surface area contributed by atoms with E-state index < -0.39 is 0 Å². The lowest BCUT2D eigenvalue weighted by Gasteiger charge is -2.32. The molecular weight excluding hydrogens is 225 g/mol. The van der Waals surface area contributed by atoms with E-state index in [1.807, 2.05) is 6.20 Å². The number of aryl methyl sites for hydroxylation is 2. The van der Waals surface area contributed by atoms with E-state index in [1.54, 1.807) is 0 Å². The third kappa shape index (κ3) is 2.19. The van der Waals surface area contributed by atoms with Crippen molar-refractivity contribution in [3.63, 3.8) is 0 Å². The molecule has 1 saturated heterocycles. The van der Waals surface area contributed by atoms with Gasteiger partial charge in [0.25, 0.3) is 0 Å². The van der Waals surface area contributed by atoms with Crippen LogP contribution in [-0.4, -0.2) is 23.3 Å². The van der Waals surface area contributed by atoms with Crippen LogP contribution in [0.25, 0.3) is 0 Å². The first kappa shape index (κ1) is 13.6. The van der Waals surface area contributed by atoms with E-state index in [-0.39, 0.29) is 18.3 Å². The van der Waals surface area contributed by atoms with E-state index in [1.165, 1.54) is 5.56 Å². The van der Waals surface area contributed by atoms with Crippen LogP contribution in [0.4, 0.5) is 0 Å². The van der Waals surface area contributed by atoms with Crippen LogP contribution in [0, 0.1) is 6.92 Å². The first-order valence-corrected chi connectivity index (χ1v) is 6.58. The van der Waals surface area contributed by atoms with E-state index in [9.17, 15) is 0 Å². The van der Waals surface area contributed by atoms with E-state index in [4.69, 9.17) is 9.31 Å². The molecule has 1 aromatic rings. The average molecular weight is 247 g/mol. The van der Waals surface area contributed by atoms with Crippen LogP contribution in [0.3, 0.4) is 0 Å². The fraction of sp³-hybridized carbons (Fsp3) is 0.643. The first-order chi connectivity index (χ1) is 8.27. The summed E-state index contributed by atoms with van der Waals surface area (Å²) < 4.78 is 12.0. The van der Waals surface area contributed by atoms with Gasteiger partial charge in [0.15, 0.2) is 0 Å². The van der Waals surface area contributed by atoms with Gasteiger partial charge in [-0.15, -0.1) is 0 Å². The Bertz CT molecular complexity index is 441. The molecule has 2 heterocycles. The molecular formula is C14H22BNO2. The van der Waals surface area contributed by atoms with Crippen molar-refractivity contribution >= 4 is 12.6 Å². The normalized spacial score (nSPS) is 21.3. The Kier molecular flexibility index (Phi) is 3.28. The number of pyridine rings is 1. The lowest BCUT2D eigenvalue weighted by atomic mass is 9.79. The molecule has 0 aromatic carbocycles. The largest absolute Gasteiger partial charge is 0.496 e. The van der Waals surface area contributed by atoms with Gasteiger partial charge in [-0.1, -0.05) is 13.0 Å². The van der Waals surface area contributed by atoms with Crippen molar-refractivity contribution in [2.45, 2.75) is 59.2 Å². The zero-order chi connectivity index (χ0) is 13.6. The van der Waals surface area contributed by atoms with Crippen molar-refractivity contribution in [3.05, 3.63) is 23.5 Å². The van der Waals surface area contributed by atoms with Gasteiger partial charge >= 0.3 is 7.12 Å². The van der Waals surface area contributed by atoms with Gasteiger partial charge in [-0.25, -0.2) is 0 Å². The Labute approximate surface area is 110 Å². The van der Waals surface area contributed by atoms with Gasteiger partial charge in [-0.05, 0) is 46.6 Å². The molecule has 0 amide bonds.